The minimum absolute atomic E-state index is 0. The topological polar surface area (TPSA) is 77.4 Å². The third-order valence-electron chi connectivity index (χ3n) is 4.79. The van der Waals surface area contributed by atoms with Gasteiger partial charge in [-0.1, -0.05) is 90.9 Å². The summed E-state index contributed by atoms with van der Waals surface area (Å²) in [7, 11) is -4.29. The summed E-state index contributed by atoms with van der Waals surface area (Å²) in [5.41, 5.74) is 0. The molecular weight excluding hydrogens is 347 g/mol. The molecular formula is C19H39NaO4S. The van der Waals surface area contributed by atoms with Crippen LogP contribution < -0.4 is 29.6 Å². The summed E-state index contributed by atoms with van der Waals surface area (Å²) in [6.45, 7) is 4.03. The fourth-order valence-electron chi connectivity index (χ4n) is 3.06. The van der Waals surface area contributed by atoms with E-state index in [2.05, 4.69) is 6.92 Å². The summed E-state index contributed by atoms with van der Waals surface area (Å²) in [5, 5.41) is 8.66. The Kier molecular flexibility index (Phi) is 20.5. The maximum absolute atomic E-state index is 11.2. The molecule has 0 radical (unpaired) electrons. The van der Waals surface area contributed by atoms with E-state index in [1.165, 1.54) is 57.8 Å². The second-order valence-corrected chi connectivity index (χ2v) is 8.74. The molecule has 0 spiro atoms. The zero-order valence-corrected chi connectivity index (χ0v) is 19.7. The van der Waals surface area contributed by atoms with Crippen molar-refractivity contribution in [1.29, 1.82) is 0 Å². The van der Waals surface area contributed by atoms with Crippen LogP contribution in [0.25, 0.3) is 0 Å². The van der Waals surface area contributed by atoms with Crippen LogP contribution >= 0.6 is 0 Å². The third kappa shape index (κ3) is 18.0. The average molecular weight is 387 g/mol. The van der Waals surface area contributed by atoms with Gasteiger partial charge in [0.25, 0.3) is 0 Å². The molecule has 6 heteroatoms. The van der Waals surface area contributed by atoms with E-state index in [1.54, 1.807) is 6.92 Å². The van der Waals surface area contributed by atoms with Crippen LogP contribution in [0.5, 0.6) is 0 Å². The van der Waals surface area contributed by atoms with Gasteiger partial charge < -0.3 is 9.66 Å². The van der Waals surface area contributed by atoms with Crippen molar-refractivity contribution in [2.24, 2.45) is 0 Å². The van der Waals surface area contributed by atoms with E-state index < -0.39 is 21.5 Å². The molecule has 25 heavy (non-hydrogen) atoms. The molecule has 2 unspecified atom stereocenters. The molecule has 0 aliphatic carbocycles. The number of aliphatic hydroxyl groups is 1. The molecule has 146 valence electrons. The molecule has 4 nitrogen and oxygen atoms in total. The normalized spacial score (nSPS) is 14.1. The number of hydrogen-bond donors (Lipinski definition) is 1. The molecule has 0 aromatic carbocycles. The smallest absolute Gasteiger partial charge is 0.748 e. The van der Waals surface area contributed by atoms with Crippen LogP contribution in [0.1, 0.15) is 110 Å². The van der Waals surface area contributed by atoms with Crippen molar-refractivity contribution in [2.75, 3.05) is 0 Å². The van der Waals surface area contributed by atoms with Gasteiger partial charge in [-0.3, -0.25) is 0 Å². The van der Waals surface area contributed by atoms with Gasteiger partial charge in [0.15, 0.2) is 0 Å². The average Bonchev–Trinajstić information content (AvgIpc) is 2.53. The first kappa shape index (κ1) is 28.1. The molecule has 0 saturated carbocycles. The molecule has 0 aromatic heterocycles. The monoisotopic (exact) mass is 386 g/mol. The minimum Gasteiger partial charge on any atom is -0.748 e. The van der Waals surface area contributed by atoms with Crippen LogP contribution in [0.2, 0.25) is 0 Å². The van der Waals surface area contributed by atoms with Gasteiger partial charge >= 0.3 is 29.6 Å². The van der Waals surface area contributed by atoms with Crippen LogP contribution in [-0.2, 0) is 10.1 Å². The first-order valence-corrected chi connectivity index (χ1v) is 11.5. The van der Waals surface area contributed by atoms with Crippen molar-refractivity contribution >= 4 is 10.1 Å². The maximum Gasteiger partial charge on any atom is 1.00 e. The molecule has 0 aliphatic rings. The minimum atomic E-state index is -4.29. The van der Waals surface area contributed by atoms with E-state index in [1.807, 2.05) is 0 Å². The SMILES string of the molecule is CCCCCCCCCCCCCCC(CC(O)CC)S(=O)(=O)[O-].[Na+]. The van der Waals surface area contributed by atoms with Gasteiger partial charge in [0, 0.05) is 0 Å². The van der Waals surface area contributed by atoms with Crippen LogP contribution in [0.15, 0.2) is 0 Å². The third-order valence-corrected chi connectivity index (χ3v) is 6.04. The molecule has 1 N–H and O–H groups in total. The summed E-state index contributed by atoms with van der Waals surface area (Å²) in [4.78, 5) is 0. The Morgan fingerprint density at radius 3 is 1.56 bits per heavy atom. The van der Waals surface area contributed by atoms with Crippen LogP contribution in [0.3, 0.4) is 0 Å². The Hall–Kier alpha value is 0.870. The Bertz CT molecular complexity index is 374. The zero-order chi connectivity index (χ0) is 18.3. The van der Waals surface area contributed by atoms with Crippen molar-refractivity contribution < 1.29 is 47.6 Å². The van der Waals surface area contributed by atoms with Crippen LogP contribution in [0, 0.1) is 0 Å². The molecule has 0 rings (SSSR count). The number of hydrogen-bond acceptors (Lipinski definition) is 4. The first-order valence-electron chi connectivity index (χ1n) is 10.0. The van der Waals surface area contributed by atoms with Gasteiger partial charge in [-0.25, -0.2) is 8.42 Å². The maximum atomic E-state index is 11.2. The van der Waals surface area contributed by atoms with Crippen molar-refractivity contribution in [2.45, 2.75) is 122 Å². The zero-order valence-electron chi connectivity index (χ0n) is 16.8. The molecule has 0 amide bonds. The van der Waals surface area contributed by atoms with E-state index in [9.17, 15) is 18.1 Å². The van der Waals surface area contributed by atoms with E-state index in [4.69, 9.17) is 0 Å². The standard InChI is InChI=1S/C19H40O4S.Na/c1-3-5-6-7-8-9-10-11-12-13-14-15-16-19(24(21,22)23)17-18(20)4-2;/h18-20H,3-17H2,1-2H3,(H,21,22,23);/q;+1/p-1. The second kappa shape index (κ2) is 18.2. The molecule has 0 bridgehead atoms. The van der Waals surface area contributed by atoms with Gasteiger partial charge in [-0.2, -0.15) is 0 Å². The van der Waals surface area contributed by atoms with E-state index in [0.29, 0.717) is 12.8 Å². The summed E-state index contributed by atoms with van der Waals surface area (Å²) in [6, 6.07) is 0. The fourth-order valence-corrected chi connectivity index (χ4v) is 3.98. The largest absolute Gasteiger partial charge is 1.00 e. The second-order valence-electron chi connectivity index (χ2n) is 7.09. The fraction of sp³-hybridized carbons (Fsp3) is 1.00. The first-order chi connectivity index (χ1) is 11.4. The number of unbranched alkanes of at least 4 members (excludes halogenated alkanes) is 11. The molecule has 0 heterocycles. The van der Waals surface area contributed by atoms with Crippen molar-refractivity contribution in [1.82, 2.24) is 0 Å². The predicted octanol–water partition coefficient (Wildman–Crippen LogP) is 2.16. The van der Waals surface area contributed by atoms with Gasteiger partial charge in [0.1, 0.15) is 0 Å². The van der Waals surface area contributed by atoms with E-state index >= 15 is 0 Å². The summed E-state index contributed by atoms with van der Waals surface area (Å²) in [5.74, 6) is 0. The summed E-state index contributed by atoms with van der Waals surface area (Å²) >= 11 is 0. The van der Waals surface area contributed by atoms with Crippen molar-refractivity contribution in [3.8, 4) is 0 Å². The Morgan fingerprint density at radius 2 is 1.20 bits per heavy atom. The van der Waals surface area contributed by atoms with Gasteiger partial charge in [-0.15, -0.1) is 0 Å². The molecule has 0 fully saturated rings. The summed E-state index contributed by atoms with van der Waals surface area (Å²) < 4.78 is 33.7. The van der Waals surface area contributed by atoms with Crippen molar-refractivity contribution in [3.63, 3.8) is 0 Å². The number of aliphatic hydroxyl groups excluding tert-OH is 1. The molecule has 0 aromatic rings. The Balaban J connectivity index is 0. The predicted molar refractivity (Wildman–Crippen MR) is 100 cm³/mol. The molecule has 0 aliphatic heterocycles. The molecule has 0 saturated heterocycles. The van der Waals surface area contributed by atoms with Crippen LogP contribution in [0.4, 0.5) is 0 Å². The number of rotatable bonds is 17. The summed E-state index contributed by atoms with van der Waals surface area (Å²) in [6.07, 6.45) is 14.9. The van der Waals surface area contributed by atoms with E-state index in [0.717, 1.165) is 19.3 Å². The van der Waals surface area contributed by atoms with Crippen molar-refractivity contribution in [3.05, 3.63) is 0 Å². The van der Waals surface area contributed by atoms with Gasteiger partial charge in [0.05, 0.1) is 21.5 Å². The van der Waals surface area contributed by atoms with Gasteiger partial charge in [-0.05, 0) is 19.3 Å². The molecule has 2 atom stereocenters. The quantitative estimate of drug-likeness (QED) is 0.236. The van der Waals surface area contributed by atoms with E-state index in [-0.39, 0.29) is 36.0 Å². The van der Waals surface area contributed by atoms with Gasteiger partial charge in [0.2, 0.25) is 0 Å². The Labute approximate surface area is 178 Å². The van der Waals surface area contributed by atoms with Crippen LogP contribution in [-0.4, -0.2) is 29.4 Å². The Morgan fingerprint density at radius 1 is 0.800 bits per heavy atom.